The number of aryl methyl sites for hydroxylation is 1. The van der Waals surface area contributed by atoms with Gasteiger partial charge in [-0.3, -0.25) is 9.59 Å². The Balaban J connectivity index is 1.37. The van der Waals surface area contributed by atoms with Crippen molar-refractivity contribution in [3.8, 4) is 11.4 Å². The second kappa shape index (κ2) is 9.61. The molecule has 1 saturated carbocycles. The van der Waals surface area contributed by atoms with E-state index in [2.05, 4.69) is 10.6 Å². The molecule has 0 unspecified atom stereocenters. The number of carbonyl (C=O) groups excluding carboxylic acids is 2. The number of halogens is 3. The normalized spacial score (nSPS) is 20.0. The van der Waals surface area contributed by atoms with Gasteiger partial charge in [-0.2, -0.15) is 18.3 Å². The van der Waals surface area contributed by atoms with Crippen LogP contribution in [0.3, 0.4) is 0 Å². The SMILES string of the molecule is CS(=O)(=O)CC(=O)Nc1c2c(nn1-c1cccc(C3CC3)c1)C[C@]1(CCc3cc(OCC(F)(F)F)ccc31)NC2=O. The Morgan fingerprint density at radius 2 is 2.00 bits per heavy atom. The van der Waals surface area contributed by atoms with Crippen molar-refractivity contribution in [1.29, 1.82) is 0 Å². The second-order valence-corrected chi connectivity index (χ2v) is 13.1. The molecule has 0 radical (unpaired) electrons. The van der Waals surface area contributed by atoms with Crippen molar-refractivity contribution in [3.63, 3.8) is 0 Å². The van der Waals surface area contributed by atoms with Gasteiger partial charge in [-0.05, 0) is 72.6 Å². The molecule has 2 aliphatic carbocycles. The topological polar surface area (TPSA) is 119 Å². The van der Waals surface area contributed by atoms with Crippen LogP contribution in [0.2, 0.25) is 0 Å². The fourth-order valence-electron chi connectivity index (χ4n) is 5.77. The van der Waals surface area contributed by atoms with Crippen LogP contribution in [0.25, 0.3) is 5.69 Å². The predicted molar refractivity (Wildman–Crippen MR) is 143 cm³/mol. The molecule has 1 spiro atoms. The Kier molecular flexibility index (Phi) is 6.40. The fraction of sp³-hybridized carbons (Fsp3) is 0.393. The van der Waals surface area contributed by atoms with Crippen LogP contribution in [0.5, 0.6) is 5.75 Å². The zero-order chi connectivity index (χ0) is 29.2. The van der Waals surface area contributed by atoms with Gasteiger partial charge in [0.05, 0.1) is 16.9 Å². The summed E-state index contributed by atoms with van der Waals surface area (Å²) in [6.07, 6.45) is -0.0829. The van der Waals surface area contributed by atoms with Gasteiger partial charge in [-0.15, -0.1) is 0 Å². The van der Waals surface area contributed by atoms with Crippen molar-refractivity contribution in [1.82, 2.24) is 15.1 Å². The number of aromatic nitrogens is 2. The average molecular weight is 589 g/mol. The number of alkyl halides is 3. The Labute approximate surface area is 234 Å². The molecular weight excluding hydrogens is 561 g/mol. The summed E-state index contributed by atoms with van der Waals surface area (Å²) >= 11 is 0. The lowest BCUT2D eigenvalue weighted by atomic mass is 9.82. The molecule has 1 atom stereocenters. The Hall–Kier alpha value is -3.87. The molecule has 1 fully saturated rings. The molecule has 13 heteroatoms. The van der Waals surface area contributed by atoms with E-state index in [0.717, 1.165) is 35.8 Å². The van der Waals surface area contributed by atoms with Gasteiger partial charge in [0.2, 0.25) is 5.91 Å². The monoisotopic (exact) mass is 588 g/mol. The number of sulfone groups is 1. The maximum absolute atomic E-state index is 13.7. The minimum Gasteiger partial charge on any atom is -0.484 e. The van der Waals surface area contributed by atoms with Crippen molar-refractivity contribution in [2.75, 3.05) is 23.9 Å². The van der Waals surface area contributed by atoms with Crippen LogP contribution >= 0.6 is 0 Å². The van der Waals surface area contributed by atoms with Crippen LogP contribution in [0.15, 0.2) is 42.5 Å². The Bertz CT molecular complexity index is 1680. The molecule has 216 valence electrons. The van der Waals surface area contributed by atoms with Crippen molar-refractivity contribution >= 4 is 27.5 Å². The molecular formula is C28H27F3N4O5S. The first kappa shape index (κ1) is 27.3. The van der Waals surface area contributed by atoms with Crippen LogP contribution in [0.4, 0.5) is 19.0 Å². The lowest BCUT2D eigenvalue weighted by Crippen LogP contribution is -2.49. The van der Waals surface area contributed by atoms with Gasteiger partial charge in [-0.1, -0.05) is 18.2 Å². The van der Waals surface area contributed by atoms with Crippen molar-refractivity contribution in [2.24, 2.45) is 0 Å². The second-order valence-electron chi connectivity index (χ2n) is 11.0. The number of ether oxygens (including phenoxy) is 1. The molecule has 2 aromatic carbocycles. The summed E-state index contributed by atoms with van der Waals surface area (Å²) in [5, 5.41) is 10.4. The number of anilines is 1. The largest absolute Gasteiger partial charge is 0.484 e. The molecule has 41 heavy (non-hydrogen) atoms. The number of carbonyl (C=O) groups is 2. The number of hydrogen-bond donors (Lipinski definition) is 2. The first-order valence-corrected chi connectivity index (χ1v) is 15.2. The Morgan fingerprint density at radius 3 is 2.71 bits per heavy atom. The molecule has 2 heterocycles. The van der Waals surface area contributed by atoms with Gasteiger partial charge in [0.15, 0.2) is 16.4 Å². The quantitative estimate of drug-likeness (QED) is 0.434. The number of fused-ring (bicyclic) bond motifs is 3. The van der Waals surface area contributed by atoms with E-state index < -0.39 is 45.7 Å². The minimum atomic E-state index is -4.46. The molecule has 9 nitrogen and oxygen atoms in total. The average Bonchev–Trinajstić information content (AvgIpc) is 3.60. The van der Waals surface area contributed by atoms with E-state index >= 15 is 0 Å². The fourth-order valence-corrected chi connectivity index (χ4v) is 6.31. The summed E-state index contributed by atoms with van der Waals surface area (Å²) in [5.41, 5.74) is 3.00. The summed E-state index contributed by atoms with van der Waals surface area (Å²) in [7, 11) is -3.63. The van der Waals surface area contributed by atoms with Crippen molar-refractivity contribution in [2.45, 2.75) is 49.7 Å². The van der Waals surface area contributed by atoms with Crippen LogP contribution in [-0.2, 0) is 33.0 Å². The summed E-state index contributed by atoms with van der Waals surface area (Å²) in [6, 6.07) is 12.3. The van der Waals surface area contributed by atoms with E-state index in [4.69, 9.17) is 9.84 Å². The molecule has 1 aliphatic heterocycles. The van der Waals surface area contributed by atoms with Crippen LogP contribution in [-0.4, -0.2) is 54.8 Å². The molecule has 0 bridgehead atoms. The first-order valence-electron chi connectivity index (χ1n) is 13.2. The van der Waals surface area contributed by atoms with Crippen molar-refractivity contribution < 1.29 is 35.9 Å². The molecule has 1 aromatic heterocycles. The third-order valence-electron chi connectivity index (χ3n) is 7.64. The van der Waals surface area contributed by atoms with E-state index in [0.29, 0.717) is 30.1 Å². The van der Waals surface area contributed by atoms with Crippen LogP contribution < -0.4 is 15.4 Å². The first-order chi connectivity index (χ1) is 19.3. The molecule has 2 amide bonds. The number of nitrogens with one attached hydrogen (secondary N) is 2. The van der Waals surface area contributed by atoms with Gasteiger partial charge in [-0.25, -0.2) is 13.1 Å². The zero-order valence-corrected chi connectivity index (χ0v) is 22.9. The lowest BCUT2D eigenvalue weighted by Gasteiger charge is -2.35. The van der Waals surface area contributed by atoms with Gasteiger partial charge < -0.3 is 15.4 Å². The maximum atomic E-state index is 13.7. The highest BCUT2D eigenvalue weighted by Crippen LogP contribution is 2.45. The van der Waals surface area contributed by atoms with E-state index in [1.807, 2.05) is 18.2 Å². The number of benzene rings is 2. The highest BCUT2D eigenvalue weighted by molar-refractivity contribution is 7.91. The van der Waals surface area contributed by atoms with E-state index in [1.54, 1.807) is 18.2 Å². The van der Waals surface area contributed by atoms with Gasteiger partial charge in [0.25, 0.3) is 5.91 Å². The lowest BCUT2D eigenvalue weighted by molar-refractivity contribution is -0.153. The number of rotatable bonds is 7. The van der Waals surface area contributed by atoms with Gasteiger partial charge in [0.1, 0.15) is 22.9 Å². The third kappa shape index (κ3) is 5.54. The number of hydrogen-bond acceptors (Lipinski definition) is 6. The van der Waals surface area contributed by atoms with Crippen molar-refractivity contribution in [3.05, 3.63) is 70.4 Å². The molecule has 3 aliphatic rings. The van der Waals surface area contributed by atoms with E-state index in [-0.39, 0.29) is 23.6 Å². The van der Waals surface area contributed by atoms with Gasteiger partial charge in [0, 0.05) is 12.7 Å². The highest BCUT2D eigenvalue weighted by atomic mass is 32.2. The Morgan fingerprint density at radius 1 is 1.22 bits per heavy atom. The molecule has 2 N–H and O–H groups in total. The summed E-state index contributed by atoms with van der Waals surface area (Å²) < 4.78 is 67.8. The summed E-state index contributed by atoms with van der Waals surface area (Å²) in [6.45, 7) is -1.40. The minimum absolute atomic E-state index is 0.0862. The highest BCUT2D eigenvalue weighted by Gasteiger charge is 2.47. The summed E-state index contributed by atoms with van der Waals surface area (Å²) in [4.78, 5) is 26.4. The third-order valence-corrected chi connectivity index (χ3v) is 8.42. The molecule has 0 saturated heterocycles. The number of amides is 2. The van der Waals surface area contributed by atoms with Crippen LogP contribution in [0, 0.1) is 0 Å². The smallest absolute Gasteiger partial charge is 0.422 e. The molecule has 3 aromatic rings. The van der Waals surface area contributed by atoms with E-state index in [1.165, 1.54) is 10.7 Å². The number of nitrogens with zero attached hydrogens (tertiary/aromatic N) is 2. The van der Waals surface area contributed by atoms with E-state index in [9.17, 15) is 31.2 Å². The maximum Gasteiger partial charge on any atom is 0.422 e. The van der Waals surface area contributed by atoms with Crippen LogP contribution in [0.1, 0.15) is 57.9 Å². The molecule has 6 rings (SSSR count). The zero-order valence-electron chi connectivity index (χ0n) is 22.0. The summed E-state index contributed by atoms with van der Waals surface area (Å²) in [5.74, 6) is -1.42. The predicted octanol–water partition coefficient (Wildman–Crippen LogP) is 3.80. The van der Waals surface area contributed by atoms with Gasteiger partial charge >= 0.3 is 6.18 Å². The standard InChI is InChI=1S/C28H27F3N4O5S/c1-41(38,39)14-23(36)32-25-24-22(34-35(25)19-4-2-3-17(11-19)16-5-6-16)13-27(33-26(24)37)10-9-18-12-20(7-8-21(18)27)40-15-28(29,30)31/h2-4,7-8,11-12,16H,5-6,9-10,13-15H2,1H3,(H,32,36)(H,33,37)/t27-/m0/s1.